The third-order valence-corrected chi connectivity index (χ3v) is 2.12. The summed E-state index contributed by atoms with van der Waals surface area (Å²) in [5, 5.41) is 9.61. The molecule has 3 heteroatoms. The van der Waals surface area contributed by atoms with E-state index in [0.29, 0.717) is 19.6 Å². The minimum Gasteiger partial charge on any atom is -0.393 e. The summed E-state index contributed by atoms with van der Waals surface area (Å²) in [7, 11) is 1.64. The Balaban J connectivity index is 3.60. The van der Waals surface area contributed by atoms with Gasteiger partial charge in [-0.15, -0.1) is 0 Å². The number of aliphatic hydroxyl groups excluding tert-OH is 1. The molecule has 0 saturated carbocycles. The van der Waals surface area contributed by atoms with Gasteiger partial charge >= 0.3 is 0 Å². The van der Waals surface area contributed by atoms with E-state index in [-0.39, 0.29) is 12.0 Å². The largest absolute Gasteiger partial charge is 0.393 e. The topological polar surface area (TPSA) is 55.5 Å². The lowest BCUT2D eigenvalue weighted by Crippen LogP contribution is -2.28. The number of hydrogen-bond donors (Lipinski definition) is 2. The zero-order chi connectivity index (χ0) is 9.40. The molecule has 3 N–H and O–H groups in total. The van der Waals surface area contributed by atoms with E-state index in [0.717, 1.165) is 12.8 Å². The van der Waals surface area contributed by atoms with E-state index in [1.807, 2.05) is 0 Å². The van der Waals surface area contributed by atoms with Gasteiger partial charge in [0.2, 0.25) is 0 Å². The molecule has 0 amide bonds. The van der Waals surface area contributed by atoms with Gasteiger partial charge in [0, 0.05) is 13.7 Å². The van der Waals surface area contributed by atoms with Crippen molar-refractivity contribution in [2.75, 3.05) is 20.3 Å². The lowest BCUT2D eigenvalue weighted by atomic mass is 9.95. The van der Waals surface area contributed by atoms with Crippen molar-refractivity contribution in [2.45, 2.75) is 32.3 Å². The number of aliphatic hydroxyl groups is 1. The second-order valence-corrected chi connectivity index (χ2v) is 3.13. The van der Waals surface area contributed by atoms with Crippen LogP contribution in [0.4, 0.5) is 0 Å². The van der Waals surface area contributed by atoms with Crippen LogP contribution in [0, 0.1) is 5.92 Å². The third kappa shape index (κ3) is 4.70. The van der Waals surface area contributed by atoms with Crippen LogP contribution >= 0.6 is 0 Å². The molecular formula is C9H21NO2. The van der Waals surface area contributed by atoms with Gasteiger partial charge < -0.3 is 15.6 Å². The molecule has 74 valence electrons. The van der Waals surface area contributed by atoms with Gasteiger partial charge in [0.1, 0.15) is 0 Å². The summed E-state index contributed by atoms with van der Waals surface area (Å²) in [4.78, 5) is 0. The number of methoxy groups -OCH3 is 1. The fourth-order valence-electron chi connectivity index (χ4n) is 1.31. The first-order chi connectivity index (χ1) is 5.76. The molecule has 0 spiro atoms. The molecule has 0 aromatic rings. The van der Waals surface area contributed by atoms with Crippen molar-refractivity contribution < 1.29 is 9.84 Å². The highest BCUT2D eigenvalue weighted by Crippen LogP contribution is 2.12. The molecule has 12 heavy (non-hydrogen) atoms. The fourth-order valence-corrected chi connectivity index (χ4v) is 1.31. The maximum Gasteiger partial charge on any atom is 0.0602 e. The predicted molar refractivity (Wildman–Crippen MR) is 50.0 cm³/mol. The van der Waals surface area contributed by atoms with E-state index in [2.05, 4.69) is 6.92 Å². The van der Waals surface area contributed by atoms with Gasteiger partial charge in [0.15, 0.2) is 0 Å². The number of nitrogens with two attached hydrogens (primary N) is 1. The first kappa shape index (κ1) is 11.9. The smallest absolute Gasteiger partial charge is 0.0602 e. The Hall–Kier alpha value is -0.120. The van der Waals surface area contributed by atoms with Gasteiger partial charge in [-0.2, -0.15) is 0 Å². The van der Waals surface area contributed by atoms with Crippen molar-refractivity contribution in [2.24, 2.45) is 11.7 Å². The standard InChI is InChI=1S/C9H21NO2/c1-3-4-8(7-10)9(11)5-6-12-2/h8-9,11H,3-7,10H2,1-2H3. The lowest BCUT2D eigenvalue weighted by Gasteiger charge is -2.20. The first-order valence-corrected chi connectivity index (χ1v) is 4.63. The summed E-state index contributed by atoms with van der Waals surface area (Å²) < 4.78 is 4.88. The van der Waals surface area contributed by atoms with Crippen LogP contribution in [0.25, 0.3) is 0 Å². The van der Waals surface area contributed by atoms with Crippen LogP contribution in [-0.2, 0) is 4.74 Å². The van der Waals surface area contributed by atoms with Gasteiger partial charge in [-0.1, -0.05) is 13.3 Å². The summed E-state index contributed by atoms with van der Waals surface area (Å²) in [6.07, 6.45) is 2.47. The summed E-state index contributed by atoms with van der Waals surface area (Å²) in [6.45, 7) is 3.28. The van der Waals surface area contributed by atoms with Crippen molar-refractivity contribution in [3.63, 3.8) is 0 Å². The van der Waals surface area contributed by atoms with E-state index >= 15 is 0 Å². The monoisotopic (exact) mass is 175 g/mol. The molecule has 0 rings (SSSR count). The average Bonchev–Trinajstić information content (AvgIpc) is 2.10. The summed E-state index contributed by atoms with van der Waals surface area (Å²) in [5.41, 5.74) is 5.53. The molecular weight excluding hydrogens is 154 g/mol. The van der Waals surface area contributed by atoms with Gasteiger partial charge in [0.05, 0.1) is 6.10 Å². The Morgan fingerprint density at radius 1 is 1.42 bits per heavy atom. The molecule has 0 aromatic carbocycles. The minimum absolute atomic E-state index is 0.241. The van der Waals surface area contributed by atoms with Crippen LogP contribution < -0.4 is 5.73 Å². The zero-order valence-electron chi connectivity index (χ0n) is 8.12. The molecule has 3 nitrogen and oxygen atoms in total. The molecule has 0 radical (unpaired) electrons. The molecule has 0 bridgehead atoms. The molecule has 0 heterocycles. The molecule has 0 aliphatic rings. The van der Waals surface area contributed by atoms with Crippen molar-refractivity contribution in [3.05, 3.63) is 0 Å². The number of ether oxygens (including phenoxy) is 1. The second kappa shape index (κ2) is 7.53. The van der Waals surface area contributed by atoms with Crippen molar-refractivity contribution in [1.82, 2.24) is 0 Å². The van der Waals surface area contributed by atoms with Crippen LogP contribution in [0.3, 0.4) is 0 Å². The Morgan fingerprint density at radius 3 is 2.50 bits per heavy atom. The van der Waals surface area contributed by atoms with Gasteiger partial charge in [-0.05, 0) is 25.3 Å². The molecule has 0 saturated heterocycles. The fraction of sp³-hybridized carbons (Fsp3) is 1.00. The second-order valence-electron chi connectivity index (χ2n) is 3.13. The van der Waals surface area contributed by atoms with Crippen LogP contribution in [0.2, 0.25) is 0 Å². The Labute approximate surface area is 74.9 Å². The van der Waals surface area contributed by atoms with Crippen molar-refractivity contribution in [1.29, 1.82) is 0 Å². The molecule has 2 unspecified atom stereocenters. The summed E-state index contributed by atoms with van der Waals surface area (Å²) in [6, 6.07) is 0. The van der Waals surface area contributed by atoms with Crippen LogP contribution in [0.5, 0.6) is 0 Å². The van der Waals surface area contributed by atoms with Crippen molar-refractivity contribution >= 4 is 0 Å². The summed E-state index contributed by atoms with van der Waals surface area (Å²) >= 11 is 0. The SMILES string of the molecule is CCCC(CN)C(O)CCOC. The van der Waals surface area contributed by atoms with Gasteiger partial charge in [-0.25, -0.2) is 0 Å². The highest BCUT2D eigenvalue weighted by molar-refractivity contribution is 4.68. The first-order valence-electron chi connectivity index (χ1n) is 4.63. The van der Waals surface area contributed by atoms with E-state index < -0.39 is 0 Å². The van der Waals surface area contributed by atoms with Gasteiger partial charge in [-0.3, -0.25) is 0 Å². The number of hydrogen-bond acceptors (Lipinski definition) is 3. The van der Waals surface area contributed by atoms with E-state index in [9.17, 15) is 5.11 Å². The summed E-state index contributed by atoms with van der Waals surface area (Å²) in [5.74, 6) is 0.241. The average molecular weight is 175 g/mol. The van der Waals surface area contributed by atoms with Gasteiger partial charge in [0.25, 0.3) is 0 Å². The van der Waals surface area contributed by atoms with E-state index in [1.54, 1.807) is 7.11 Å². The molecule has 0 aliphatic heterocycles. The molecule has 0 aliphatic carbocycles. The highest BCUT2D eigenvalue weighted by atomic mass is 16.5. The Kier molecular flexibility index (Phi) is 7.45. The maximum absolute atomic E-state index is 9.61. The zero-order valence-corrected chi connectivity index (χ0v) is 8.12. The maximum atomic E-state index is 9.61. The predicted octanol–water partition coefficient (Wildman–Crippen LogP) is 0.759. The normalized spacial score (nSPS) is 16.0. The Bertz CT molecular complexity index is 98.5. The minimum atomic E-state index is -0.296. The van der Waals surface area contributed by atoms with Crippen LogP contribution in [0.15, 0.2) is 0 Å². The van der Waals surface area contributed by atoms with Crippen LogP contribution in [0.1, 0.15) is 26.2 Å². The number of rotatable bonds is 7. The lowest BCUT2D eigenvalue weighted by molar-refractivity contribution is 0.0656. The Morgan fingerprint density at radius 2 is 2.08 bits per heavy atom. The molecule has 0 aromatic heterocycles. The highest BCUT2D eigenvalue weighted by Gasteiger charge is 2.15. The van der Waals surface area contributed by atoms with Crippen LogP contribution in [-0.4, -0.2) is 31.5 Å². The molecule has 2 atom stereocenters. The quantitative estimate of drug-likeness (QED) is 0.600. The molecule has 0 fully saturated rings. The van der Waals surface area contributed by atoms with E-state index in [4.69, 9.17) is 10.5 Å². The van der Waals surface area contributed by atoms with Crippen molar-refractivity contribution in [3.8, 4) is 0 Å². The third-order valence-electron chi connectivity index (χ3n) is 2.12. The van der Waals surface area contributed by atoms with E-state index in [1.165, 1.54) is 0 Å².